The van der Waals surface area contributed by atoms with Gasteiger partial charge in [0.05, 0.1) is 12.0 Å². The maximum Gasteiger partial charge on any atom is 0.0927 e. The van der Waals surface area contributed by atoms with Crippen LogP contribution < -0.4 is 0 Å². The predicted octanol–water partition coefficient (Wildman–Crippen LogP) is 3.72. The van der Waals surface area contributed by atoms with E-state index in [-0.39, 0.29) is 5.92 Å². The topological polar surface area (TPSA) is 20.2 Å². The second kappa shape index (κ2) is 6.93. The number of aliphatic hydroxyl groups is 1. The van der Waals surface area contributed by atoms with Gasteiger partial charge in [-0.2, -0.15) is 0 Å². The van der Waals surface area contributed by atoms with Crippen molar-refractivity contribution in [2.24, 2.45) is 5.92 Å². The highest BCUT2D eigenvalue weighted by Crippen LogP contribution is 2.26. The molecular weight excluding hydrogens is 208 g/mol. The zero-order valence-electron chi connectivity index (χ0n) is 10.6. The summed E-state index contributed by atoms with van der Waals surface area (Å²) >= 11 is 0. The molecule has 1 heteroatoms. The first-order valence-electron chi connectivity index (χ1n) is 5.94. The number of benzene rings is 1. The Kier molecular flexibility index (Phi) is 5.52. The average Bonchev–Trinajstić information content (AvgIpc) is 2.34. The fraction of sp³-hybridized carbons (Fsp3) is 0.375. The van der Waals surface area contributed by atoms with Crippen LogP contribution in [0.1, 0.15) is 38.4 Å². The highest BCUT2D eigenvalue weighted by atomic mass is 16.3. The molecule has 0 fully saturated rings. The molecule has 0 saturated heterocycles. The van der Waals surface area contributed by atoms with E-state index in [1.807, 2.05) is 44.2 Å². The van der Waals surface area contributed by atoms with Crippen molar-refractivity contribution in [3.05, 3.63) is 48.0 Å². The number of hydrogen-bond acceptors (Lipinski definition) is 1. The third-order valence-electron chi connectivity index (χ3n) is 2.73. The van der Waals surface area contributed by atoms with Crippen LogP contribution in [0, 0.1) is 17.8 Å². The Morgan fingerprint density at radius 3 is 2.53 bits per heavy atom. The van der Waals surface area contributed by atoms with E-state index in [1.54, 1.807) is 0 Å². The lowest BCUT2D eigenvalue weighted by Gasteiger charge is -2.18. The van der Waals surface area contributed by atoms with E-state index < -0.39 is 6.10 Å². The van der Waals surface area contributed by atoms with E-state index in [4.69, 9.17) is 0 Å². The lowest BCUT2D eigenvalue weighted by atomic mass is 9.91. The molecule has 0 aliphatic carbocycles. The molecule has 0 heterocycles. The Bertz CT molecular complexity index is 408. The Balaban J connectivity index is 2.75. The summed E-state index contributed by atoms with van der Waals surface area (Å²) in [5.41, 5.74) is 2.06. The monoisotopic (exact) mass is 228 g/mol. The number of allylic oxidation sites excluding steroid dienone is 1. The van der Waals surface area contributed by atoms with Gasteiger partial charge in [-0.15, -0.1) is 12.5 Å². The van der Waals surface area contributed by atoms with Gasteiger partial charge in [0, 0.05) is 0 Å². The third-order valence-corrected chi connectivity index (χ3v) is 2.73. The van der Waals surface area contributed by atoms with Crippen molar-refractivity contribution in [3.63, 3.8) is 0 Å². The molecular formula is C16H20O. The molecule has 0 bridgehead atoms. The summed E-state index contributed by atoms with van der Waals surface area (Å²) in [6.45, 7) is 7.71. The fourth-order valence-electron chi connectivity index (χ4n) is 1.78. The zero-order chi connectivity index (χ0) is 12.7. The van der Waals surface area contributed by atoms with Gasteiger partial charge < -0.3 is 5.11 Å². The van der Waals surface area contributed by atoms with E-state index in [0.29, 0.717) is 0 Å². The number of aliphatic hydroxyl groups excluding tert-OH is 1. The van der Waals surface area contributed by atoms with Crippen LogP contribution in [0.5, 0.6) is 0 Å². The van der Waals surface area contributed by atoms with Crippen molar-refractivity contribution in [1.82, 2.24) is 0 Å². The minimum atomic E-state index is -0.511. The molecule has 0 saturated carbocycles. The van der Waals surface area contributed by atoms with Gasteiger partial charge in [-0.25, -0.2) is 0 Å². The molecule has 0 aliphatic heterocycles. The molecule has 90 valence electrons. The van der Waals surface area contributed by atoms with Gasteiger partial charge in [0.2, 0.25) is 0 Å². The highest BCUT2D eigenvalue weighted by Gasteiger charge is 2.18. The maximum atomic E-state index is 10.3. The predicted molar refractivity (Wildman–Crippen MR) is 72.4 cm³/mol. The minimum Gasteiger partial charge on any atom is -0.387 e. The summed E-state index contributed by atoms with van der Waals surface area (Å²) in [5.74, 6) is 5.98. The standard InChI is InChI=1S/C16H20O/c1-4-8-14(12-11-13(2)3)16(17)15-9-6-5-7-10-15/h5-7,9-10,14,16-17H,2,11-12H2,1,3H3. The molecule has 1 aromatic rings. The SMILES string of the molecule is C=C(C)CCC(C#CC)C(O)c1ccccc1. The quantitative estimate of drug-likeness (QED) is 0.601. The van der Waals surface area contributed by atoms with E-state index in [2.05, 4.69) is 18.4 Å². The van der Waals surface area contributed by atoms with Gasteiger partial charge in [0.15, 0.2) is 0 Å². The first-order valence-corrected chi connectivity index (χ1v) is 5.94. The van der Waals surface area contributed by atoms with Crippen LogP contribution in [0.3, 0.4) is 0 Å². The summed E-state index contributed by atoms with van der Waals surface area (Å²) in [7, 11) is 0. The van der Waals surface area contributed by atoms with Gasteiger partial charge >= 0.3 is 0 Å². The molecule has 0 aliphatic rings. The molecule has 1 aromatic carbocycles. The Hall–Kier alpha value is -1.52. The lowest BCUT2D eigenvalue weighted by molar-refractivity contribution is 0.131. The smallest absolute Gasteiger partial charge is 0.0927 e. The summed E-state index contributed by atoms with van der Waals surface area (Å²) in [6, 6.07) is 9.71. The Labute approximate surface area is 104 Å². The van der Waals surface area contributed by atoms with Gasteiger partial charge in [-0.1, -0.05) is 41.8 Å². The van der Waals surface area contributed by atoms with Crippen LogP contribution in [0.25, 0.3) is 0 Å². The van der Waals surface area contributed by atoms with Crippen molar-refractivity contribution in [2.45, 2.75) is 32.8 Å². The first-order chi connectivity index (χ1) is 8.15. The Morgan fingerprint density at radius 1 is 1.35 bits per heavy atom. The van der Waals surface area contributed by atoms with Crippen molar-refractivity contribution in [1.29, 1.82) is 0 Å². The van der Waals surface area contributed by atoms with Crippen LogP contribution in [0.2, 0.25) is 0 Å². The van der Waals surface area contributed by atoms with Crippen LogP contribution in [-0.4, -0.2) is 5.11 Å². The molecule has 0 aromatic heterocycles. The van der Waals surface area contributed by atoms with E-state index >= 15 is 0 Å². The summed E-state index contributed by atoms with van der Waals surface area (Å²) < 4.78 is 0. The number of hydrogen-bond donors (Lipinski definition) is 1. The van der Waals surface area contributed by atoms with Gasteiger partial charge in [0.25, 0.3) is 0 Å². The maximum absolute atomic E-state index is 10.3. The van der Waals surface area contributed by atoms with Crippen molar-refractivity contribution >= 4 is 0 Å². The molecule has 1 N–H and O–H groups in total. The third kappa shape index (κ3) is 4.46. The van der Waals surface area contributed by atoms with Crippen LogP contribution in [0.4, 0.5) is 0 Å². The van der Waals surface area contributed by atoms with Crippen LogP contribution >= 0.6 is 0 Å². The molecule has 0 amide bonds. The molecule has 0 spiro atoms. The van der Waals surface area contributed by atoms with Crippen molar-refractivity contribution in [2.75, 3.05) is 0 Å². The fourth-order valence-corrected chi connectivity index (χ4v) is 1.78. The minimum absolute atomic E-state index is 0.0147. The van der Waals surface area contributed by atoms with Crippen LogP contribution in [-0.2, 0) is 0 Å². The molecule has 2 unspecified atom stereocenters. The van der Waals surface area contributed by atoms with Gasteiger partial charge in [0.1, 0.15) is 0 Å². The summed E-state index contributed by atoms with van der Waals surface area (Å²) in [4.78, 5) is 0. The second-order valence-corrected chi connectivity index (χ2v) is 4.35. The van der Waals surface area contributed by atoms with Gasteiger partial charge in [-0.05, 0) is 32.3 Å². The molecule has 0 radical (unpaired) electrons. The Morgan fingerprint density at radius 2 is 2.00 bits per heavy atom. The first kappa shape index (κ1) is 13.5. The normalized spacial score (nSPS) is 13.4. The largest absolute Gasteiger partial charge is 0.387 e. The summed E-state index contributed by atoms with van der Waals surface area (Å²) in [6.07, 6.45) is 1.25. The summed E-state index contributed by atoms with van der Waals surface area (Å²) in [5, 5.41) is 10.3. The van der Waals surface area contributed by atoms with Crippen molar-refractivity contribution < 1.29 is 5.11 Å². The van der Waals surface area contributed by atoms with E-state index in [0.717, 1.165) is 24.0 Å². The van der Waals surface area contributed by atoms with E-state index in [1.165, 1.54) is 0 Å². The van der Waals surface area contributed by atoms with Gasteiger partial charge in [-0.3, -0.25) is 0 Å². The zero-order valence-corrected chi connectivity index (χ0v) is 10.6. The van der Waals surface area contributed by atoms with E-state index in [9.17, 15) is 5.11 Å². The molecule has 1 nitrogen and oxygen atoms in total. The highest BCUT2D eigenvalue weighted by molar-refractivity contribution is 5.21. The molecule has 17 heavy (non-hydrogen) atoms. The lowest BCUT2D eigenvalue weighted by Crippen LogP contribution is -2.11. The average molecular weight is 228 g/mol. The van der Waals surface area contributed by atoms with Crippen LogP contribution in [0.15, 0.2) is 42.5 Å². The number of rotatable bonds is 5. The van der Waals surface area contributed by atoms with Crippen molar-refractivity contribution in [3.8, 4) is 11.8 Å². The molecule has 2 atom stereocenters. The molecule has 1 rings (SSSR count). The second-order valence-electron chi connectivity index (χ2n) is 4.35.